The van der Waals surface area contributed by atoms with Gasteiger partial charge in [-0.15, -0.1) is 0 Å². The Morgan fingerprint density at radius 3 is 2.14 bits per heavy atom. The molecule has 0 aliphatic rings. The summed E-state index contributed by atoms with van der Waals surface area (Å²) in [5.41, 5.74) is 2.13. The molecule has 0 atom stereocenters. The molecule has 7 nitrogen and oxygen atoms in total. The summed E-state index contributed by atoms with van der Waals surface area (Å²) >= 11 is 0. The molecule has 29 heavy (non-hydrogen) atoms. The van der Waals surface area contributed by atoms with E-state index in [2.05, 4.69) is 36.1 Å². The van der Waals surface area contributed by atoms with Crippen molar-refractivity contribution in [3.05, 3.63) is 59.7 Å². The Morgan fingerprint density at radius 2 is 1.59 bits per heavy atom. The second-order valence-electron chi connectivity index (χ2n) is 7.58. The second kappa shape index (κ2) is 9.76. The average molecular weight is 420 g/mol. The van der Waals surface area contributed by atoms with E-state index in [0.717, 1.165) is 11.3 Å². The first kappa shape index (κ1) is 22.7. The van der Waals surface area contributed by atoms with Crippen LogP contribution >= 0.6 is 0 Å². The van der Waals surface area contributed by atoms with Crippen LogP contribution in [0.3, 0.4) is 0 Å². The quantitative estimate of drug-likeness (QED) is 0.573. The Morgan fingerprint density at radius 1 is 0.966 bits per heavy atom. The topological polar surface area (TPSA) is 96.5 Å². The van der Waals surface area contributed by atoms with Gasteiger partial charge in [-0.2, -0.15) is 0 Å². The van der Waals surface area contributed by atoms with E-state index >= 15 is 0 Å². The first-order chi connectivity index (χ1) is 13.6. The maximum atomic E-state index is 11.9. The summed E-state index contributed by atoms with van der Waals surface area (Å²) < 4.78 is 31.3. The van der Waals surface area contributed by atoms with Gasteiger partial charge in [-0.1, -0.05) is 45.0 Å². The molecule has 0 bridgehead atoms. The molecule has 0 aromatic heterocycles. The fraction of sp³-hybridized carbons (Fsp3) is 0.381. The van der Waals surface area contributed by atoms with Crippen LogP contribution in [-0.2, 0) is 22.0 Å². The van der Waals surface area contributed by atoms with E-state index in [9.17, 15) is 13.2 Å². The smallest absolute Gasteiger partial charge is 0.315 e. The summed E-state index contributed by atoms with van der Waals surface area (Å²) in [6, 6.07) is 14.0. The van der Waals surface area contributed by atoms with E-state index in [4.69, 9.17) is 4.74 Å². The zero-order valence-electron chi connectivity index (χ0n) is 17.3. The SMILES string of the molecule is CNS(=O)(=O)c1ccc(CNC(=O)NCCOc2ccc(C(C)(C)C)cc2)cc1. The highest BCUT2D eigenvalue weighted by molar-refractivity contribution is 7.89. The van der Waals surface area contributed by atoms with Crippen LogP contribution in [0.2, 0.25) is 0 Å². The van der Waals surface area contributed by atoms with Gasteiger partial charge in [0.25, 0.3) is 0 Å². The van der Waals surface area contributed by atoms with Gasteiger partial charge < -0.3 is 15.4 Å². The number of nitrogens with one attached hydrogen (secondary N) is 3. The third kappa shape index (κ3) is 7.07. The largest absolute Gasteiger partial charge is 0.492 e. The van der Waals surface area contributed by atoms with Crippen LogP contribution in [0.1, 0.15) is 31.9 Å². The molecule has 0 fully saturated rings. The molecule has 0 aliphatic carbocycles. The highest BCUT2D eigenvalue weighted by Gasteiger charge is 2.13. The lowest BCUT2D eigenvalue weighted by Gasteiger charge is -2.19. The van der Waals surface area contributed by atoms with Crippen LogP contribution in [0.5, 0.6) is 5.75 Å². The molecule has 0 radical (unpaired) electrons. The van der Waals surface area contributed by atoms with Gasteiger partial charge in [-0.3, -0.25) is 0 Å². The number of benzene rings is 2. The fourth-order valence-electron chi connectivity index (χ4n) is 2.53. The third-order valence-corrected chi connectivity index (χ3v) is 5.76. The molecule has 2 rings (SSSR count). The minimum atomic E-state index is -3.46. The molecule has 8 heteroatoms. The van der Waals surface area contributed by atoms with E-state index in [-0.39, 0.29) is 16.3 Å². The maximum Gasteiger partial charge on any atom is 0.315 e. The number of amides is 2. The van der Waals surface area contributed by atoms with Crippen molar-refractivity contribution in [1.82, 2.24) is 15.4 Å². The highest BCUT2D eigenvalue weighted by Crippen LogP contribution is 2.24. The van der Waals surface area contributed by atoms with Gasteiger partial charge in [-0.05, 0) is 47.9 Å². The van der Waals surface area contributed by atoms with Crippen molar-refractivity contribution in [3.63, 3.8) is 0 Å². The minimum Gasteiger partial charge on any atom is -0.492 e. The summed E-state index contributed by atoms with van der Waals surface area (Å²) in [6.45, 7) is 7.49. The molecule has 0 spiro atoms. The molecule has 2 aromatic rings. The number of hydrogen-bond acceptors (Lipinski definition) is 4. The molecule has 0 saturated carbocycles. The van der Waals surface area contributed by atoms with Gasteiger partial charge in [-0.25, -0.2) is 17.9 Å². The number of urea groups is 1. The van der Waals surface area contributed by atoms with Gasteiger partial charge in [0.1, 0.15) is 12.4 Å². The molecule has 3 N–H and O–H groups in total. The Balaban J connectivity index is 1.70. The number of sulfonamides is 1. The molecule has 0 aliphatic heterocycles. The van der Waals surface area contributed by atoms with Gasteiger partial charge in [0.05, 0.1) is 11.4 Å². The zero-order valence-corrected chi connectivity index (χ0v) is 18.1. The van der Waals surface area contributed by atoms with E-state index in [1.54, 1.807) is 12.1 Å². The number of hydrogen-bond donors (Lipinski definition) is 3. The van der Waals surface area contributed by atoms with Crippen molar-refractivity contribution in [2.75, 3.05) is 20.2 Å². The van der Waals surface area contributed by atoms with Crippen LogP contribution in [0, 0.1) is 0 Å². The van der Waals surface area contributed by atoms with Crippen LogP contribution in [0.4, 0.5) is 4.79 Å². The Kier molecular flexibility index (Phi) is 7.64. The molecule has 2 aromatic carbocycles. The maximum absolute atomic E-state index is 11.9. The van der Waals surface area contributed by atoms with Crippen molar-refractivity contribution in [2.24, 2.45) is 0 Å². The summed E-state index contributed by atoms with van der Waals surface area (Å²) in [4.78, 5) is 12.1. The first-order valence-electron chi connectivity index (χ1n) is 9.39. The third-order valence-electron chi connectivity index (χ3n) is 4.33. The van der Waals surface area contributed by atoms with Crippen molar-refractivity contribution in [3.8, 4) is 5.75 Å². The van der Waals surface area contributed by atoms with Crippen molar-refractivity contribution >= 4 is 16.1 Å². The molecular weight excluding hydrogens is 390 g/mol. The monoisotopic (exact) mass is 419 g/mol. The van der Waals surface area contributed by atoms with Gasteiger partial charge in [0, 0.05) is 6.54 Å². The molecular formula is C21H29N3O4S. The van der Waals surface area contributed by atoms with Crippen LogP contribution < -0.4 is 20.1 Å². The van der Waals surface area contributed by atoms with Crippen molar-refractivity contribution in [1.29, 1.82) is 0 Å². The molecule has 158 valence electrons. The van der Waals surface area contributed by atoms with E-state index in [1.165, 1.54) is 24.7 Å². The minimum absolute atomic E-state index is 0.0969. The molecule has 0 heterocycles. The summed E-state index contributed by atoms with van der Waals surface area (Å²) in [6.07, 6.45) is 0. The van der Waals surface area contributed by atoms with Crippen LogP contribution in [0.15, 0.2) is 53.4 Å². The lowest BCUT2D eigenvalue weighted by atomic mass is 9.87. The van der Waals surface area contributed by atoms with E-state index in [1.807, 2.05) is 24.3 Å². The lowest BCUT2D eigenvalue weighted by molar-refractivity contribution is 0.236. The average Bonchev–Trinajstić information content (AvgIpc) is 2.69. The Labute approximate surface area is 172 Å². The van der Waals surface area contributed by atoms with Crippen molar-refractivity contribution in [2.45, 2.75) is 37.6 Å². The number of rotatable bonds is 8. The standard InChI is InChI=1S/C21H29N3O4S/c1-21(2,3)17-7-9-18(10-8-17)28-14-13-23-20(25)24-15-16-5-11-19(12-6-16)29(26,27)22-4/h5-12,22H,13-15H2,1-4H3,(H2,23,24,25). The Hall–Kier alpha value is -2.58. The van der Waals surface area contributed by atoms with E-state index in [0.29, 0.717) is 19.7 Å². The highest BCUT2D eigenvalue weighted by atomic mass is 32.2. The predicted octanol–water partition coefficient (Wildman–Crippen LogP) is 2.77. The van der Waals surface area contributed by atoms with Gasteiger partial charge in [0.2, 0.25) is 10.0 Å². The Bertz CT molecular complexity index is 902. The van der Waals surface area contributed by atoms with Gasteiger partial charge >= 0.3 is 6.03 Å². The lowest BCUT2D eigenvalue weighted by Crippen LogP contribution is -2.37. The molecule has 2 amide bonds. The summed E-state index contributed by atoms with van der Waals surface area (Å²) in [5, 5.41) is 5.45. The summed E-state index contributed by atoms with van der Waals surface area (Å²) in [5.74, 6) is 0.761. The fourth-order valence-corrected chi connectivity index (χ4v) is 3.26. The molecule has 0 unspecified atom stereocenters. The van der Waals surface area contributed by atoms with Crippen molar-refractivity contribution < 1.29 is 17.9 Å². The number of carbonyl (C=O) groups excluding carboxylic acids is 1. The number of carbonyl (C=O) groups is 1. The second-order valence-corrected chi connectivity index (χ2v) is 9.47. The van der Waals surface area contributed by atoms with Crippen LogP contribution in [0.25, 0.3) is 0 Å². The normalized spacial score (nSPS) is 11.7. The van der Waals surface area contributed by atoms with E-state index < -0.39 is 10.0 Å². The molecule has 0 saturated heterocycles. The number of ether oxygens (including phenoxy) is 1. The van der Waals surface area contributed by atoms with Gasteiger partial charge in [0.15, 0.2) is 0 Å². The summed E-state index contributed by atoms with van der Waals surface area (Å²) in [7, 11) is -2.10. The predicted molar refractivity (Wildman–Crippen MR) is 114 cm³/mol. The first-order valence-corrected chi connectivity index (χ1v) is 10.9. The zero-order chi connectivity index (χ0) is 21.5. The van der Waals surface area contributed by atoms with Crippen LogP contribution in [-0.4, -0.2) is 34.6 Å².